The van der Waals surface area contributed by atoms with E-state index in [1.54, 1.807) is 12.1 Å². The first-order valence-electron chi connectivity index (χ1n) is 6.19. The van der Waals surface area contributed by atoms with E-state index in [2.05, 4.69) is 4.99 Å². The van der Waals surface area contributed by atoms with Crippen molar-refractivity contribution in [1.82, 2.24) is 0 Å². The van der Waals surface area contributed by atoms with Gasteiger partial charge in [0.1, 0.15) is 0 Å². The first kappa shape index (κ1) is 12.3. The maximum atomic E-state index is 11.7. The summed E-state index contributed by atoms with van der Waals surface area (Å²) in [6, 6.07) is 15.0. The van der Waals surface area contributed by atoms with Crippen LogP contribution in [0.4, 0.5) is 0 Å². The largest absolute Gasteiger partial charge is 0.476 e. The van der Waals surface area contributed by atoms with Crippen LogP contribution in [-0.2, 0) is 16.0 Å². The molecule has 1 aliphatic heterocycles. The van der Waals surface area contributed by atoms with Gasteiger partial charge in [0.05, 0.1) is 6.42 Å². The summed E-state index contributed by atoms with van der Waals surface area (Å²) in [5.41, 5.74) is 2.93. The lowest BCUT2D eigenvalue weighted by atomic mass is 9.89. The molecule has 0 fully saturated rings. The Morgan fingerprint density at radius 2 is 1.70 bits per heavy atom. The Labute approximate surface area is 115 Å². The van der Waals surface area contributed by atoms with Crippen LogP contribution in [0.15, 0.2) is 53.5 Å². The molecule has 1 aliphatic rings. The molecule has 0 bridgehead atoms. The third-order valence-electron chi connectivity index (χ3n) is 3.28. The lowest BCUT2D eigenvalue weighted by Crippen LogP contribution is -2.24. The minimum atomic E-state index is -1.18. The molecule has 20 heavy (non-hydrogen) atoms. The van der Waals surface area contributed by atoms with Crippen molar-refractivity contribution in [3.8, 4) is 11.1 Å². The zero-order valence-electron chi connectivity index (χ0n) is 10.5. The Morgan fingerprint density at radius 1 is 1.00 bits per heavy atom. The molecular weight excluding hydrogens is 254 g/mol. The summed E-state index contributed by atoms with van der Waals surface area (Å²) in [5, 5.41) is 9.18. The fourth-order valence-corrected chi connectivity index (χ4v) is 2.43. The van der Waals surface area contributed by atoms with Crippen molar-refractivity contribution in [2.75, 3.05) is 0 Å². The van der Waals surface area contributed by atoms with Gasteiger partial charge < -0.3 is 5.11 Å². The molecule has 0 saturated heterocycles. The predicted octanol–water partition coefficient (Wildman–Crippen LogP) is 2.31. The van der Waals surface area contributed by atoms with Gasteiger partial charge in [-0.3, -0.25) is 4.79 Å². The minimum Gasteiger partial charge on any atom is -0.476 e. The summed E-state index contributed by atoms with van der Waals surface area (Å²) in [7, 11) is 0. The second-order valence-corrected chi connectivity index (χ2v) is 4.53. The molecule has 4 nitrogen and oxygen atoms in total. The van der Waals surface area contributed by atoms with E-state index in [4.69, 9.17) is 0 Å². The number of benzene rings is 2. The van der Waals surface area contributed by atoms with Gasteiger partial charge in [-0.05, 0) is 16.7 Å². The zero-order valence-corrected chi connectivity index (χ0v) is 10.5. The number of hydrogen-bond acceptors (Lipinski definition) is 2. The molecule has 98 valence electrons. The number of fused-ring (bicyclic) bond motifs is 1. The molecule has 0 aliphatic carbocycles. The predicted molar refractivity (Wildman–Crippen MR) is 74.8 cm³/mol. The van der Waals surface area contributed by atoms with Crippen LogP contribution in [0.3, 0.4) is 0 Å². The molecule has 1 heterocycles. The first-order valence-corrected chi connectivity index (χ1v) is 6.19. The molecule has 0 unspecified atom stereocenters. The number of carboxylic acids is 1. The van der Waals surface area contributed by atoms with Crippen molar-refractivity contribution < 1.29 is 14.7 Å². The van der Waals surface area contributed by atoms with Gasteiger partial charge >= 0.3 is 5.97 Å². The van der Waals surface area contributed by atoms with Crippen LogP contribution in [0.25, 0.3) is 11.1 Å². The number of aliphatic imine (C=N–C) groups is 1. The monoisotopic (exact) mass is 265 g/mol. The van der Waals surface area contributed by atoms with E-state index >= 15 is 0 Å². The summed E-state index contributed by atoms with van der Waals surface area (Å²) in [4.78, 5) is 26.5. The quantitative estimate of drug-likeness (QED) is 0.906. The molecule has 4 heteroatoms. The van der Waals surface area contributed by atoms with Crippen LogP contribution in [0.2, 0.25) is 0 Å². The van der Waals surface area contributed by atoms with Gasteiger partial charge in [0.2, 0.25) is 0 Å². The summed E-state index contributed by atoms with van der Waals surface area (Å²) in [6.07, 6.45) is 0.136. The van der Waals surface area contributed by atoms with Crippen LogP contribution in [0, 0.1) is 0 Å². The molecule has 1 amide bonds. The standard InChI is InChI=1S/C16H11NO3/c18-14-9-13-11(10-5-2-1-3-6-10)7-4-8-12(13)15(17-14)16(19)20/h1-8H,9H2,(H,19,20). The molecule has 0 radical (unpaired) electrons. The smallest absolute Gasteiger partial charge is 0.355 e. The summed E-state index contributed by atoms with van der Waals surface area (Å²) >= 11 is 0. The maximum absolute atomic E-state index is 11.7. The van der Waals surface area contributed by atoms with Crippen molar-refractivity contribution in [2.24, 2.45) is 4.99 Å². The Balaban J connectivity index is 2.23. The van der Waals surface area contributed by atoms with Crippen LogP contribution in [-0.4, -0.2) is 22.7 Å². The van der Waals surface area contributed by atoms with E-state index in [9.17, 15) is 14.7 Å². The number of carbonyl (C=O) groups excluding carboxylic acids is 1. The van der Waals surface area contributed by atoms with Crippen molar-refractivity contribution in [3.05, 3.63) is 59.7 Å². The van der Waals surface area contributed by atoms with Gasteiger partial charge in [0.15, 0.2) is 5.71 Å². The first-order chi connectivity index (χ1) is 9.66. The maximum Gasteiger partial charge on any atom is 0.355 e. The van der Waals surface area contributed by atoms with E-state index in [1.807, 2.05) is 36.4 Å². The molecule has 2 aromatic carbocycles. The highest BCUT2D eigenvalue weighted by atomic mass is 16.4. The lowest BCUT2D eigenvalue weighted by molar-refractivity contribution is -0.129. The highest BCUT2D eigenvalue weighted by molar-refractivity contribution is 6.45. The fraction of sp³-hybridized carbons (Fsp3) is 0.0625. The molecular formula is C16H11NO3. The van der Waals surface area contributed by atoms with Crippen molar-refractivity contribution in [1.29, 1.82) is 0 Å². The molecule has 1 N–H and O–H groups in total. The van der Waals surface area contributed by atoms with Crippen molar-refractivity contribution >= 4 is 17.6 Å². The highest BCUT2D eigenvalue weighted by Crippen LogP contribution is 2.29. The molecule has 0 atom stereocenters. The molecule has 0 aromatic heterocycles. The number of amides is 1. The normalized spacial score (nSPS) is 13.6. The topological polar surface area (TPSA) is 66.7 Å². The summed E-state index contributed by atoms with van der Waals surface area (Å²) in [6.45, 7) is 0. The fourth-order valence-electron chi connectivity index (χ4n) is 2.43. The summed E-state index contributed by atoms with van der Waals surface area (Å²) in [5.74, 6) is -1.59. The van der Waals surface area contributed by atoms with Gasteiger partial charge in [-0.15, -0.1) is 0 Å². The number of carboxylic acid groups (broad SMARTS) is 1. The lowest BCUT2D eigenvalue weighted by Gasteiger charge is -2.17. The van der Waals surface area contributed by atoms with E-state index in [-0.39, 0.29) is 12.1 Å². The number of rotatable bonds is 2. The Morgan fingerprint density at radius 3 is 2.40 bits per heavy atom. The van der Waals surface area contributed by atoms with Gasteiger partial charge in [-0.25, -0.2) is 9.79 Å². The van der Waals surface area contributed by atoms with Crippen LogP contribution in [0.1, 0.15) is 11.1 Å². The van der Waals surface area contributed by atoms with Gasteiger partial charge in [0, 0.05) is 5.56 Å². The van der Waals surface area contributed by atoms with Gasteiger partial charge in [0.25, 0.3) is 5.91 Å². The van der Waals surface area contributed by atoms with E-state index in [0.29, 0.717) is 5.56 Å². The average Bonchev–Trinajstić information content (AvgIpc) is 2.46. The zero-order chi connectivity index (χ0) is 14.1. The third kappa shape index (κ3) is 2.01. The van der Waals surface area contributed by atoms with Crippen molar-refractivity contribution in [2.45, 2.75) is 6.42 Å². The van der Waals surface area contributed by atoms with Gasteiger partial charge in [-0.1, -0.05) is 48.5 Å². The SMILES string of the molecule is O=C1Cc2c(cccc2-c2ccccc2)C(C(=O)O)=N1. The number of hydrogen-bond donors (Lipinski definition) is 1. The van der Waals surface area contributed by atoms with Crippen LogP contribution >= 0.6 is 0 Å². The van der Waals surface area contributed by atoms with E-state index < -0.39 is 11.9 Å². The molecule has 0 saturated carbocycles. The number of carbonyl (C=O) groups is 2. The third-order valence-corrected chi connectivity index (χ3v) is 3.28. The Bertz CT molecular complexity index is 733. The Hall–Kier alpha value is -2.75. The number of aliphatic carboxylic acids is 1. The van der Waals surface area contributed by atoms with E-state index in [0.717, 1.165) is 16.7 Å². The molecule has 2 aromatic rings. The molecule has 3 rings (SSSR count). The van der Waals surface area contributed by atoms with Gasteiger partial charge in [-0.2, -0.15) is 0 Å². The van der Waals surface area contributed by atoms with Crippen LogP contribution in [0.5, 0.6) is 0 Å². The van der Waals surface area contributed by atoms with Crippen LogP contribution < -0.4 is 0 Å². The Kier molecular flexibility index (Phi) is 2.91. The highest BCUT2D eigenvalue weighted by Gasteiger charge is 2.26. The second-order valence-electron chi connectivity index (χ2n) is 4.53. The summed E-state index contributed by atoms with van der Waals surface area (Å²) < 4.78 is 0. The molecule has 0 spiro atoms. The minimum absolute atomic E-state index is 0.136. The number of nitrogens with zero attached hydrogens (tertiary/aromatic N) is 1. The van der Waals surface area contributed by atoms with E-state index in [1.165, 1.54) is 0 Å². The second kappa shape index (κ2) is 4.74. The average molecular weight is 265 g/mol. The van der Waals surface area contributed by atoms with Crippen molar-refractivity contribution in [3.63, 3.8) is 0 Å².